The van der Waals surface area contributed by atoms with Crippen molar-refractivity contribution < 1.29 is 12.8 Å². The summed E-state index contributed by atoms with van der Waals surface area (Å²) in [4.78, 5) is 4.18. The second-order valence-corrected chi connectivity index (χ2v) is 6.18. The van der Waals surface area contributed by atoms with Crippen molar-refractivity contribution in [1.29, 1.82) is 0 Å². The Labute approximate surface area is 104 Å². The first-order chi connectivity index (χ1) is 7.88. The predicted molar refractivity (Wildman–Crippen MR) is 64.5 cm³/mol. The van der Waals surface area contributed by atoms with Crippen LogP contribution in [-0.4, -0.2) is 13.4 Å². The van der Waals surface area contributed by atoms with Gasteiger partial charge in [0.1, 0.15) is 0 Å². The van der Waals surface area contributed by atoms with E-state index in [1.807, 2.05) is 0 Å². The average Bonchev–Trinajstić information content (AvgIpc) is 2.57. The largest absolute Gasteiger partial charge is 0.441 e. The molecule has 0 aliphatic rings. The van der Waals surface area contributed by atoms with Gasteiger partial charge in [-0.3, -0.25) is 0 Å². The average molecular weight is 272 g/mol. The van der Waals surface area contributed by atoms with Gasteiger partial charge in [0.25, 0.3) is 9.05 Å². The lowest BCUT2D eigenvalue weighted by molar-refractivity contribution is 0.534. The Hall–Kier alpha value is -1.33. The molecule has 0 fully saturated rings. The van der Waals surface area contributed by atoms with E-state index >= 15 is 0 Å². The van der Waals surface area contributed by atoms with Crippen molar-refractivity contribution in [3.05, 3.63) is 35.9 Å². The molecule has 0 unspecified atom stereocenters. The maximum atomic E-state index is 11.2. The standard InChI is InChI=1S/C11H10ClNO3S/c1-7-11(16-8(2)13-7)9-4-3-5-10(6-9)17(12,14)15/h3-6H,1-2H3. The number of benzene rings is 1. The minimum absolute atomic E-state index is 0.0464. The fourth-order valence-electron chi connectivity index (χ4n) is 1.59. The first kappa shape index (κ1) is 12.1. The van der Waals surface area contributed by atoms with Crippen LogP contribution >= 0.6 is 10.7 Å². The third-order valence-electron chi connectivity index (χ3n) is 2.28. The summed E-state index contributed by atoms with van der Waals surface area (Å²) in [5, 5.41) is 0. The molecule has 0 radical (unpaired) electrons. The van der Waals surface area contributed by atoms with Crippen LogP contribution in [0.4, 0.5) is 0 Å². The van der Waals surface area contributed by atoms with E-state index in [0.717, 1.165) is 0 Å². The quantitative estimate of drug-likeness (QED) is 0.788. The molecule has 0 spiro atoms. The molecule has 0 amide bonds. The molecule has 0 aliphatic heterocycles. The molecule has 6 heteroatoms. The zero-order chi connectivity index (χ0) is 12.6. The van der Waals surface area contributed by atoms with Crippen molar-refractivity contribution >= 4 is 19.7 Å². The second kappa shape index (κ2) is 4.16. The molecule has 17 heavy (non-hydrogen) atoms. The van der Waals surface area contributed by atoms with E-state index in [9.17, 15) is 8.42 Å². The maximum Gasteiger partial charge on any atom is 0.261 e. The lowest BCUT2D eigenvalue weighted by atomic mass is 10.1. The van der Waals surface area contributed by atoms with Gasteiger partial charge in [-0.1, -0.05) is 12.1 Å². The Morgan fingerprint density at radius 3 is 2.53 bits per heavy atom. The number of aryl methyl sites for hydroxylation is 2. The van der Waals surface area contributed by atoms with Crippen molar-refractivity contribution in [2.45, 2.75) is 18.7 Å². The van der Waals surface area contributed by atoms with Gasteiger partial charge in [-0.05, 0) is 19.1 Å². The molecule has 2 aromatic rings. The SMILES string of the molecule is Cc1nc(C)c(-c2cccc(S(=O)(=O)Cl)c2)o1. The number of hydrogen-bond donors (Lipinski definition) is 0. The van der Waals surface area contributed by atoms with Crippen LogP contribution in [0.3, 0.4) is 0 Å². The van der Waals surface area contributed by atoms with Crippen molar-refractivity contribution in [2.24, 2.45) is 0 Å². The molecule has 1 heterocycles. The van der Waals surface area contributed by atoms with E-state index in [2.05, 4.69) is 4.98 Å². The molecule has 1 aromatic heterocycles. The van der Waals surface area contributed by atoms with E-state index in [1.165, 1.54) is 12.1 Å². The molecule has 0 saturated carbocycles. The van der Waals surface area contributed by atoms with Crippen LogP contribution < -0.4 is 0 Å². The summed E-state index contributed by atoms with van der Waals surface area (Å²) < 4.78 is 27.9. The summed E-state index contributed by atoms with van der Waals surface area (Å²) in [6.07, 6.45) is 0. The maximum absolute atomic E-state index is 11.2. The van der Waals surface area contributed by atoms with Crippen molar-refractivity contribution in [1.82, 2.24) is 4.98 Å². The summed E-state index contributed by atoms with van der Waals surface area (Å²) in [6, 6.07) is 6.26. The number of nitrogens with zero attached hydrogens (tertiary/aromatic N) is 1. The van der Waals surface area contributed by atoms with E-state index in [1.54, 1.807) is 26.0 Å². The first-order valence-electron chi connectivity index (χ1n) is 4.87. The molecule has 0 bridgehead atoms. The number of aromatic nitrogens is 1. The smallest absolute Gasteiger partial charge is 0.261 e. The Bertz CT molecular complexity index is 661. The lowest BCUT2D eigenvalue weighted by Crippen LogP contribution is -1.90. The van der Waals surface area contributed by atoms with E-state index in [0.29, 0.717) is 22.9 Å². The highest BCUT2D eigenvalue weighted by atomic mass is 35.7. The van der Waals surface area contributed by atoms with Crippen LogP contribution in [0.2, 0.25) is 0 Å². The molecule has 1 aromatic carbocycles. The van der Waals surface area contributed by atoms with E-state index < -0.39 is 9.05 Å². The minimum Gasteiger partial charge on any atom is -0.441 e. The summed E-state index contributed by atoms with van der Waals surface area (Å²) in [5.41, 5.74) is 1.36. The summed E-state index contributed by atoms with van der Waals surface area (Å²) in [7, 11) is 1.56. The number of rotatable bonds is 2. The van der Waals surface area contributed by atoms with Crippen molar-refractivity contribution in [3.63, 3.8) is 0 Å². The minimum atomic E-state index is -3.73. The Kier molecular flexibility index (Phi) is 2.97. The zero-order valence-electron chi connectivity index (χ0n) is 9.27. The van der Waals surface area contributed by atoms with Gasteiger partial charge in [0, 0.05) is 23.2 Å². The van der Waals surface area contributed by atoms with Gasteiger partial charge in [-0.25, -0.2) is 13.4 Å². The van der Waals surface area contributed by atoms with Crippen molar-refractivity contribution in [2.75, 3.05) is 0 Å². The van der Waals surface area contributed by atoms with Crippen LogP contribution in [0.5, 0.6) is 0 Å². The molecular formula is C11H10ClNO3S. The van der Waals surface area contributed by atoms with Gasteiger partial charge in [0.05, 0.1) is 10.6 Å². The number of oxazole rings is 1. The molecule has 0 N–H and O–H groups in total. The topological polar surface area (TPSA) is 60.2 Å². The summed E-state index contributed by atoms with van der Waals surface area (Å²) in [5.74, 6) is 1.10. The highest BCUT2D eigenvalue weighted by Gasteiger charge is 2.14. The van der Waals surface area contributed by atoms with Crippen LogP contribution in [-0.2, 0) is 9.05 Å². The lowest BCUT2D eigenvalue weighted by Gasteiger charge is -2.00. The van der Waals surface area contributed by atoms with Crippen molar-refractivity contribution in [3.8, 4) is 11.3 Å². The van der Waals surface area contributed by atoms with Crippen LogP contribution in [0, 0.1) is 13.8 Å². The fourth-order valence-corrected chi connectivity index (χ4v) is 2.38. The Morgan fingerprint density at radius 1 is 1.29 bits per heavy atom. The summed E-state index contributed by atoms with van der Waals surface area (Å²) >= 11 is 0. The molecule has 90 valence electrons. The highest BCUT2D eigenvalue weighted by Crippen LogP contribution is 2.27. The predicted octanol–water partition coefficient (Wildman–Crippen LogP) is 2.89. The van der Waals surface area contributed by atoms with Crippen LogP contribution in [0.25, 0.3) is 11.3 Å². The molecule has 0 saturated heterocycles. The fraction of sp³-hybridized carbons (Fsp3) is 0.182. The highest BCUT2D eigenvalue weighted by molar-refractivity contribution is 8.13. The van der Waals surface area contributed by atoms with Gasteiger partial charge >= 0.3 is 0 Å². The summed E-state index contributed by atoms with van der Waals surface area (Å²) in [6.45, 7) is 3.53. The van der Waals surface area contributed by atoms with Crippen LogP contribution in [0.15, 0.2) is 33.6 Å². The molecule has 0 atom stereocenters. The first-order valence-corrected chi connectivity index (χ1v) is 7.18. The molecule has 2 rings (SSSR count). The zero-order valence-corrected chi connectivity index (χ0v) is 10.8. The van der Waals surface area contributed by atoms with Gasteiger partial charge in [0.2, 0.25) is 0 Å². The second-order valence-electron chi connectivity index (χ2n) is 3.61. The Morgan fingerprint density at radius 2 is 2.00 bits per heavy atom. The van der Waals surface area contributed by atoms with Gasteiger partial charge < -0.3 is 4.42 Å². The number of hydrogen-bond acceptors (Lipinski definition) is 4. The van der Waals surface area contributed by atoms with Gasteiger partial charge in [-0.2, -0.15) is 0 Å². The van der Waals surface area contributed by atoms with Gasteiger partial charge in [0.15, 0.2) is 11.7 Å². The molecule has 0 aliphatic carbocycles. The number of halogens is 1. The van der Waals surface area contributed by atoms with E-state index in [4.69, 9.17) is 15.1 Å². The normalized spacial score (nSPS) is 11.7. The van der Waals surface area contributed by atoms with Crippen LogP contribution in [0.1, 0.15) is 11.6 Å². The monoisotopic (exact) mass is 271 g/mol. The van der Waals surface area contributed by atoms with Gasteiger partial charge in [-0.15, -0.1) is 0 Å². The third-order valence-corrected chi connectivity index (χ3v) is 3.63. The van der Waals surface area contributed by atoms with E-state index in [-0.39, 0.29) is 4.90 Å². The third kappa shape index (κ3) is 2.50. The molecule has 4 nitrogen and oxygen atoms in total. The Balaban J connectivity index is 2.58. The molecular weight excluding hydrogens is 262 g/mol.